The Morgan fingerprint density at radius 2 is 1.89 bits per heavy atom. The zero-order valence-corrected chi connectivity index (χ0v) is 13.9. The molecule has 18 heavy (non-hydrogen) atoms. The average molecular weight is 391 g/mol. The van der Waals surface area contributed by atoms with Gasteiger partial charge in [0, 0.05) is 27.5 Å². The van der Waals surface area contributed by atoms with Gasteiger partial charge in [-0.1, -0.05) is 50.1 Å². The second-order valence-electron chi connectivity index (χ2n) is 3.76. The van der Waals surface area contributed by atoms with E-state index < -0.39 is 0 Å². The maximum atomic E-state index is 4.25. The number of likely N-dealkylation sites (N-methyl/N-ethyl adjacent to an activating group) is 1. The van der Waals surface area contributed by atoms with Crippen LogP contribution in [0.3, 0.4) is 0 Å². The zero-order valence-electron chi connectivity index (χ0n) is 9.91. The first-order chi connectivity index (χ1) is 8.69. The standard InChI is InChI=1S/C12H13Br2N3S/c1-2-15-4-3-11-16-17-12(18-11)8-5-9(13)7-10(14)6-8/h5-7,15H,2-4H2,1H3. The second kappa shape index (κ2) is 6.75. The Balaban J connectivity index is 2.13. The minimum Gasteiger partial charge on any atom is -0.317 e. The van der Waals surface area contributed by atoms with Gasteiger partial charge >= 0.3 is 0 Å². The normalized spacial score (nSPS) is 10.8. The second-order valence-corrected chi connectivity index (χ2v) is 6.66. The molecule has 6 heteroatoms. The first kappa shape index (κ1) is 14.1. The molecule has 0 saturated carbocycles. The van der Waals surface area contributed by atoms with E-state index in [2.05, 4.69) is 66.4 Å². The van der Waals surface area contributed by atoms with Gasteiger partial charge in [-0.25, -0.2) is 0 Å². The van der Waals surface area contributed by atoms with Gasteiger partial charge in [0.1, 0.15) is 10.0 Å². The summed E-state index contributed by atoms with van der Waals surface area (Å²) in [5, 5.41) is 13.8. The number of hydrogen-bond donors (Lipinski definition) is 1. The highest BCUT2D eigenvalue weighted by atomic mass is 79.9. The van der Waals surface area contributed by atoms with Crippen molar-refractivity contribution in [3.63, 3.8) is 0 Å². The van der Waals surface area contributed by atoms with Crippen LogP contribution < -0.4 is 5.32 Å². The number of nitrogens with zero attached hydrogens (tertiary/aromatic N) is 2. The predicted octanol–water partition coefficient (Wildman–Crippen LogP) is 3.88. The zero-order chi connectivity index (χ0) is 13.0. The number of nitrogens with one attached hydrogen (secondary N) is 1. The van der Waals surface area contributed by atoms with E-state index in [0.717, 1.165) is 44.0 Å². The number of rotatable bonds is 5. The summed E-state index contributed by atoms with van der Waals surface area (Å²) in [4.78, 5) is 0. The molecule has 0 atom stereocenters. The first-order valence-electron chi connectivity index (χ1n) is 5.68. The lowest BCUT2D eigenvalue weighted by molar-refractivity contribution is 0.710. The third-order valence-electron chi connectivity index (χ3n) is 2.34. The molecular weight excluding hydrogens is 378 g/mol. The summed E-state index contributed by atoms with van der Waals surface area (Å²) in [7, 11) is 0. The smallest absolute Gasteiger partial charge is 0.147 e. The monoisotopic (exact) mass is 389 g/mol. The largest absolute Gasteiger partial charge is 0.317 e. The number of halogens is 2. The van der Waals surface area contributed by atoms with Crippen LogP contribution in [-0.2, 0) is 6.42 Å². The number of aromatic nitrogens is 2. The van der Waals surface area contributed by atoms with E-state index in [4.69, 9.17) is 0 Å². The predicted molar refractivity (Wildman–Crippen MR) is 83.0 cm³/mol. The molecule has 1 N–H and O–H groups in total. The van der Waals surface area contributed by atoms with Crippen LogP contribution in [0, 0.1) is 0 Å². The highest BCUT2D eigenvalue weighted by Gasteiger charge is 2.08. The van der Waals surface area contributed by atoms with Gasteiger partial charge in [0.15, 0.2) is 0 Å². The van der Waals surface area contributed by atoms with Crippen molar-refractivity contribution in [2.45, 2.75) is 13.3 Å². The van der Waals surface area contributed by atoms with E-state index in [-0.39, 0.29) is 0 Å². The molecular formula is C12H13Br2N3S. The molecule has 96 valence electrons. The van der Waals surface area contributed by atoms with E-state index in [1.165, 1.54) is 0 Å². The van der Waals surface area contributed by atoms with Crippen LogP contribution in [0.2, 0.25) is 0 Å². The molecule has 0 aliphatic heterocycles. The Bertz CT molecular complexity index is 508. The fourth-order valence-corrected chi connectivity index (χ4v) is 3.64. The van der Waals surface area contributed by atoms with Crippen molar-refractivity contribution in [1.29, 1.82) is 0 Å². The van der Waals surface area contributed by atoms with Crippen molar-refractivity contribution in [2.75, 3.05) is 13.1 Å². The molecule has 1 heterocycles. The Labute approximate surface area is 127 Å². The van der Waals surface area contributed by atoms with Gasteiger partial charge in [0.25, 0.3) is 0 Å². The van der Waals surface area contributed by atoms with Crippen LogP contribution in [-0.4, -0.2) is 23.3 Å². The number of benzene rings is 1. The van der Waals surface area contributed by atoms with Gasteiger partial charge in [-0.05, 0) is 24.7 Å². The van der Waals surface area contributed by atoms with Crippen LogP contribution >= 0.6 is 43.2 Å². The third kappa shape index (κ3) is 3.85. The fourth-order valence-electron chi connectivity index (χ4n) is 1.52. The van der Waals surface area contributed by atoms with Crippen LogP contribution in [0.4, 0.5) is 0 Å². The maximum Gasteiger partial charge on any atom is 0.147 e. The molecule has 2 aromatic rings. The van der Waals surface area contributed by atoms with Crippen molar-refractivity contribution >= 4 is 43.2 Å². The van der Waals surface area contributed by atoms with E-state index in [1.807, 2.05) is 6.07 Å². The molecule has 0 saturated heterocycles. The Morgan fingerprint density at radius 1 is 1.17 bits per heavy atom. The molecule has 0 amide bonds. The summed E-state index contributed by atoms with van der Waals surface area (Å²) < 4.78 is 2.08. The Hall–Kier alpha value is -0.300. The minimum atomic E-state index is 0.931. The van der Waals surface area contributed by atoms with Gasteiger partial charge in [-0.15, -0.1) is 10.2 Å². The molecule has 0 aliphatic carbocycles. The fraction of sp³-hybridized carbons (Fsp3) is 0.333. The van der Waals surface area contributed by atoms with Gasteiger partial charge in [0.2, 0.25) is 0 Å². The molecule has 0 spiro atoms. The minimum absolute atomic E-state index is 0.931. The lowest BCUT2D eigenvalue weighted by Crippen LogP contribution is -2.15. The van der Waals surface area contributed by atoms with Crippen LogP contribution in [0.15, 0.2) is 27.1 Å². The van der Waals surface area contributed by atoms with Gasteiger partial charge < -0.3 is 5.32 Å². The molecule has 2 rings (SSSR count). The molecule has 1 aromatic carbocycles. The summed E-state index contributed by atoms with van der Waals surface area (Å²) in [6.07, 6.45) is 0.931. The molecule has 0 unspecified atom stereocenters. The molecule has 3 nitrogen and oxygen atoms in total. The number of hydrogen-bond acceptors (Lipinski definition) is 4. The summed E-state index contributed by atoms with van der Waals surface area (Å²) in [6.45, 7) is 4.04. The van der Waals surface area contributed by atoms with Crippen molar-refractivity contribution in [1.82, 2.24) is 15.5 Å². The quantitative estimate of drug-likeness (QED) is 0.787. The SMILES string of the molecule is CCNCCc1nnc(-c2cc(Br)cc(Br)c2)s1. The molecule has 0 aliphatic rings. The summed E-state index contributed by atoms with van der Waals surface area (Å²) >= 11 is 8.62. The van der Waals surface area contributed by atoms with E-state index in [1.54, 1.807) is 11.3 Å². The molecule has 0 radical (unpaired) electrons. The van der Waals surface area contributed by atoms with Crippen LogP contribution in [0.25, 0.3) is 10.6 Å². The van der Waals surface area contributed by atoms with Crippen LogP contribution in [0.1, 0.15) is 11.9 Å². The van der Waals surface area contributed by atoms with E-state index in [9.17, 15) is 0 Å². The highest BCUT2D eigenvalue weighted by Crippen LogP contribution is 2.29. The Morgan fingerprint density at radius 3 is 2.56 bits per heavy atom. The van der Waals surface area contributed by atoms with Crippen molar-refractivity contribution in [3.05, 3.63) is 32.2 Å². The van der Waals surface area contributed by atoms with Crippen molar-refractivity contribution < 1.29 is 0 Å². The maximum absolute atomic E-state index is 4.25. The molecule has 1 aromatic heterocycles. The summed E-state index contributed by atoms with van der Waals surface area (Å²) in [6, 6.07) is 6.12. The summed E-state index contributed by atoms with van der Waals surface area (Å²) in [5.41, 5.74) is 1.09. The average Bonchev–Trinajstić information content (AvgIpc) is 2.77. The van der Waals surface area contributed by atoms with Gasteiger partial charge in [0.05, 0.1) is 0 Å². The summed E-state index contributed by atoms with van der Waals surface area (Å²) in [5.74, 6) is 0. The van der Waals surface area contributed by atoms with Crippen molar-refractivity contribution in [3.8, 4) is 10.6 Å². The first-order valence-corrected chi connectivity index (χ1v) is 8.09. The van der Waals surface area contributed by atoms with Crippen molar-refractivity contribution in [2.24, 2.45) is 0 Å². The molecule has 0 fully saturated rings. The van der Waals surface area contributed by atoms with Gasteiger partial charge in [-0.3, -0.25) is 0 Å². The lowest BCUT2D eigenvalue weighted by Gasteiger charge is -1.98. The van der Waals surface area contributed by atoms with E-state index in [0.29, 0.717) is 0 Å². The topological polar surface area (TPSA) is 37.8 Å². The molecule has 0 bridgehead atoms. The van der Waals surface area contributed by atoms with E-state index >= 15 is 0 Å². The van der Waals surface area contributed by atoms with Gasteiger partial charge in [-0.2, -0.15) is 0 Å². The highest BCUT2D eigenvalue weighted by molar-refractivity contribution is 9.11. The lowest BCUT2D eigenvalue weighted by atomic mass is 10.2. The van der Waals surface area contributed by atoms with Crippen LogP contribution in [0.5, 0.6) is 0 Å². The third-order valence-corrected chi connectivity index (χ3v) is 4.29. The Kier molecular flexibility index (Phi) is 5.29.